The van der Waals surface area contributed by atoms with Crippen LogP contribution in [0.25, 0.3) is 11.1 Å². The lowest BCUT2D eigenvalue weighted by atomic mass is 10.0. The Labute approximate surface area is 183 Å². The number of amides is 2. The largest absolute Gasteiger partial charge is 0.455 e. The summed E-state index contributed by atoms with van der Waals surface area (Å²) in [4.78, 5) is 35.9. The molecule has 0 fully saturated rings. The Morgan fingerprint density at radius 2 is 1.71 bits per heavy atom. The SMILES string of the molecule is Cc1cc(NC(=O)CSCC(=O)OCC(=O)Nc2ccccc2-c2ccccc2)no1. The van der Waals surface area contributed by atoms with Crippen molar-refractivity contribution in [2.45, 2.75) is 6.92 Å². The highest BCUT2D eigenvalue weighted by molar-refractivity contribution is 8.00. The molecule has 9 heteroatoms. The average Bonchev–Trinajstić information content (AvgIpc) is 3.17. The van der Waals surface area contributed by atoms with Crippen molar-refractivity contribution in [3.63, 3.8) is 0 Å². The fourth-order valence-corrected chi connectivity index (χ4v) is 3.28. The molecule has 0 atom stereocenters. The maximum atomic E-state index is 12.2. The van der Waals surface area contributed by atoms with Crippen molar-refractivity contribution < 1.29 is 23.6 Å². The first kappa shape index (κ1) is 22.1. The summed E-state index contributed by atoms with van der Waals surface area (Å²) in [6.07, 6.45) is 0. The Kier molecular flexibility index (Phi) is 7.83. The summed E-state index contributed by atoms with van der Waals surface area (Å²) in [5, 5.41) is 8.97. The van der Waals surface area contributed by atoms with E-state index in [0.29, 0.717) is 17.3 Å². The lowest BCUT2D eigenvalue weighted by Gasteiger charge is -2.11. The molecule has 0 aliphatic carbocycles. The monoisotopic (exact) mass is 439 g/mol. The van der Waals surface area contributed by atoms with Gasteiger partial charge in [0.1, 0.15) is 5.76 Å². The van der Waals surface area contributed by atoms with Crippen LogP contribution in [0.1, 0.15) is 5.76 Å². The number of anilines is 2. The highest BCUT2D eigenvalue weighted by atomic mass is 32.2. The summed E-state index contributed by atoms with van der Waals surface area (Å²) in [6, 6.07) is 18.6. The molecule has 0 bridgehead atoms. The third kappa shape index (κ3) is 7.00. The third-order valence-corrected chi connectivity index (χ3v) is 4.90. The summed E-state index contributed by atoms with van der Waals surface area (Å²) in [5.41, 5.74) is 2.46. The van der Waals surface area contributed by atoms with Gasteiger partial charge in [-0.2, -0.15) is 0 Å². The van der Waals surface area contributed by atoms with E-state index >= 15 is 0 Å². The van der Waals surface area contributed by atoms with Crippen LogP contribution < -0.4 is 10.6 Å². The summed E-state index contributed by atoms with van der Waals surface area (Å²) in [7, 11) is 0. The van der Waals surface area contributed by atoms with E-state index in [1.165, 1.54) is 0 Å². The van der Waals surface area contributed by atoms with Crippen LogP contribution >= 0.6 is 11.8 Å². The van der Waals surface area contributed by atoms with Crippen molar-refractivity contribution in [1.29, 1.82) is 0 Å². The molecule has 0 spiro atoms. The molecule has 2 aromatic carbocycles. The predicted octanol–water partition coefficient (Wildman–Crippen LogP) is 3.50. The lowest BCUT2D eigenvalue weighted by molar-refractivity contribution is -0.144. The van der Waals surface area contributed by atoms with E-state index in [0.717, 1.165) is 22.9 Å². The molecule has 8 nitrogen and oxygen atoms in total. The zero-order valence-corrected chi connectivity index (χ0v) is 17.6. The Hall–Kier alpha value is -3.59. The molecule has 3 rings (SSSR count). The maximum absolute atomic E-state index is 12.2. The van der Waals surface area contributed by atoms with Gasteiger partial charge in [0.25, 0.3) is 5.91 Å². The normalized spacial score (nSPS) is 10.4. The number of rotatable bonds is 9. The third-order valence-electron chi connectivity index (χ3n) is 4.00. The molecule has 0 radical (unpaired) electrons. The molecule has 160 valence electrons. The number of aryl methyl sites for hydroxylation is 1. The molecular formula is C22H21N3O5S. The number of aromatic nitrogens is 1. The first-order valence-corrected chi connectivity index (χ1v) is 10.6. The molecule has 1 aromatic heterocycles. The van der Waals surface area contributed by atoms with Gasteiger partial charge in [-0.25, -0.2) is 0 Å². The highest BCUT2D eigenvalue weighted by Gasteiger charge is 2.12. The van der Waals surface area contributed by atoms with Crippen molar-refractivity contribution in [2.75, 3.05) is 28.7 Å². The number of esters is 1. The van der Waals surface area contributed by atoms with Gasteiger partial charge in [-0.15, -0.1) is 11.8 Å². The minimum absolute atomic E-state index is 0.0393. The molecule has 2 amide bonds. The molecule has 0 aliphatic heterocycles. The predicted molar refractivity (Wildman–Crippen MR) is 119 cm³/mol. The zero-order valence-electron chi connectivity index (χ0n) is 16.8. The summed E-state index contributed by atoms with van der Waals surface area (Å²) in [6.45, 7) is 1.30. The number of thioether (sulfide) groups is 1. The Morgan fingerprint density at radius 1 is 0.968 bits per heavy atom. The number of hydrogen-bond donors (Lipinski definition) is 2. The molecule has 2 N–H and O–H groups in total. The van der Waals surface area contributed by atoms with Gasteiger partial charge in [-0.1, -0.05) is 53.7 Å². The van der Waals surface area contributed by atoms with Crippen LogP contribution in [0, 0.1) is 6.92 Å². The van der Waals surface area contributed by atoms with E-state index in [1.807, 2.05) is 48.5 Å². The molecule has 0 aliphatic rings. The van der Waals surface area contributed by atoms with E-state index in [4.69, 9.17) is 9.26 Å². The van der Waals surface area contributed by atoms with Gasteiger partial charge in [0.15, 0.2) is 12.4 Å². The van der Waals surface area contributed by atoms with Gasteiger partial charge in [0.2, 0.25) is 5.91 Å². The summed E-state index contributed by atoms with van der Waals surface area (Å²) >= 11 is 1.07. The molecular weight excluding hydrogens is 418 g/mol. The first-order valence-electron chi connectivity index (χ1n) is 9.42. The number of ether oxygens (including phenoxy) is 1. The van der Waals surface area contributed by atoms with Crippen LogP contribution in [0.5, 0.6) is 0 Å². The Balaban J connectivity index is 1.40. The van der Waals surface area contributed by atoms with Gasteiger partial charge in [-0.3, -0.25) is 14.4 Å². The number of hydrogen-bond acceptors (Lipinski definition) is 7. The fraction of sp³-hybridized carbons (Fsp3) is 0.182. The number of nitrogens with zero attached hydrogens (tertiary/aromatic N) is 1. The van der Waals surface area contributed by atoms with Gasteiger partial charge in [0.05, 0.1) is 11.5 Å². The molecule has 0 saturated heterocycles. The van der Waals surface area contributed by atoms with E-state index < -0.39 is 18.5 Å². The van der Waals surface area contributed by atoms with Crippen LogP contribution in [0.2, 0.25) is 0 Å². The van der Waals surface area contributed by atoms with Crippen LogP contribution in [-0.2, 0) is 19.1 Å². The quantitative estimate of drug-likeness (QED) is 0.491. The van der Waals surface area contributed by atoms with Crippen LogP contribution in [0.4, 0.5) is 11.5 Å². The summed E-state index contributed by atoms with van der Waals surface area (Å²) < 4.78 is 9.85. The maximum Gasteiger partial charge on any atom is 0.316 e. The number of carbonyl (C=O) groups excluding carboxylic acids is 3. The van der Waals surface area contributed by atoms with Gasteiger partial charge in [-0.05, 0) is 18.6 Å². The molecule has 31 heavy (non-hydrogen) atoms. The second-order valence-electron chi connectivity index (χ2n) is 6.48. The Bertz CT molecular complexity index is 1050. The van der Waals surface area contributed by atoms with Crippen molar-refractivity contribution in [3.05, 3.63) is 66.4 Å². The molecule has 3 aromatic rings. The van der Waals surface area contributed by atoms with Crippen molar-refractivity contribution in [1.82, 2.24) is 5.16 Å². The number of carbonyl (C=O) groups is 3. The molecule has 0 saturated carbocycles. The van der Waals surface area contributed by atoms with E-state index in [9.17, 15) is 14.4 Å². The zero-order chi connectivity index (χ0) is 22.1. The van der Waals surface area contributed by atoms with Crippen molar-refractivity contribution in [2.24, 2.45) is 0 Å². The van der Waals surface area contributed by atoms with Gasteiger partial charge >= 0.3 is 5.97 Å². The second kappa shape index (κ2) is 11.0. The van der Waals surface area contributed by atoms with Gasteiger partial charge < -0.3 is 19.9 Å². The van der Waals surface area contributed by atoms with Crippen LogP contribution in [0.3, 0.4) is 0 Å². The average molecular weight is 439 g/mol. The minimum atomic E-state index is -0.582. The number of nitrogens with one attached hydrogen (secondary N) is 2. The van der Waals surface area contributed by atoms with Gasteiger partial charge in [0, 0.05) is 17.3 Å². The first-order chi connectivity index (χ1) is 15.0. The van der Waals surface area contributed by atoms with Crippen LogP contribution in [-0.4, -0.2) is 41.1 Å². The molecule has 1 heterocycles. The highest BCUT2D eigenvalue weighted by Crippen LogP contribution is 2.27. The van der Waals surface area contributed by atoms with Crippen molar-refractivity contribution in [3.8, 4) is 11.1 Å². The summed E-state index contributed by atoms with van der Waals surface area (Å²) in [5.74, 6) is -0.463. The lowest BCUT2D eigenvalue weighted by Crippen LogP contribution is -2.22. The Morgan fingerprint density at radius 3 is 2.45 bits per heavy atom. The number of benzene rings is 2. The smallest absolute Gasteiger partial charge is 0.316 e. The number of para-hydroxylation sites is 1. The molecule has 0 unspecified atom stereocenters. The van der Waals surface area contributed by atoms with Crippen LogP contribution in [0.15, 0.2) is 65.2 Å². The fourth-order valence-electron chi connectivity index (χ4n) is 2.67. The standard InChI is InChI=1S/C22H21N3O5S/c1-15-11-19(25-30-15)24-21(27)13-31-14-22(28)29-12-20(26)23-18-10-6-5-9-17(18)16-7-3-2-4-8-16/h2-11H,12-14H2,1H3,(H,23,26)(H,24,25,27). The topological polar surface area (TPSA) is 111 Å². The van der Waals surface area contributed by atoms with E-state index in [1.54, 1.807) is 19.1 Å². The van der Waals surface area contributed by atoms with E-state index in [2.05, 4.69) is 15.8 Å². The van der Waals surface area contributed by atoms with E-state index in [-0.39, 0.29) is 17.4 Å². The second-order valence-corrected chi connectivity index (χ2v) is 7.47. The van der Waals surface area contributed by atoms with Crippen molar-refractivity contribution >= 4 is 41.1 Å². The minimum Gasteiger partial charge on any atom is -0.455 e.